The van der Waals surface area contributed by atoms with E-state index in [2.05, 4.69) is 6.92 Å². The first-order valence-electron chi connectivity index (χ1n) is 8.11. The van der Waals surface area contributed by atoms with Crippen LogP contribution in [0.15, 0.2) is 16.5 Å². The summed E-state index contributed by atoms with van der Waals surface area (Å²) in [4.78, 5) is 14.8. The second-order valence-corrected chi connectivity index (χ2v) is 6.73. The van der Waals surface area contributed by atoms with Gasteiger partial charge in [0.15, 0.2) is 0 Å². The fourth-order valence-electron chi connectivity index (χ4n) is 3.75. The monoisotopic (exact) mass is 291 g/mol. The third kappa shape index (κ3) is 2.86. The average Bonchev–Trinajstić information content (AvgIpc) is 3.06. The molecule has 1 amide bonds. The number of piperidine rings is 1. The molecule has 1 saturated carbocycles. The van der Waals surface area contributed by atoms with Crippen molar-refractivity contribution < 1.29 is 14.3 Å². The highest BCUT2D eigenvalue weighted by molar-refractivity contribution is 5.80. The number of aliphatic hydroxyl groups excluding tert-OH is 1. The molecule has 1 saturated heterocycles. The Labute approximate surface area is 126 Å². The lowest BCUT2D eigenvalue weighted by Gasteiger charge is -2.39. The van der Waals surface area contributed by atoms with E-state index < -0.39 is 6.10 Å². The van der Waals surface area contributed by atoms with E-state index >= 15 is 0 Å². The van der Waals surface area contributed by atoms with Crippen LogP contribution in [0.2, 0.25) is 0 Å². The topological polar surface area (TPSA) is 53.7 Å². The number of carbonyl (C=O) groups is 1. The summed E-state index contributed by atoms with van der Waals surface area (Å²) in [7, 11) is 0. The number of furan rings is 1. The van der Waals surface area contributed by atoms with E-state index in [1.54, 1.807) is 0 Å². The quantitative estimate of drug-likeness (QED) is 0.911. The molecule has 1 aliphatic carbocycles. The highest BCUT2D eigenvalue weighted by atomic mass is 16.3. The zero-order chi connectivity index (χ0) is 15.0. The Morgan fingerprint density at radius 3 is 2.76 bits per heavy atom. The van der Waals surface area contributed by atoms with Crippen LogP contribution < -0.4 is 0 Å². The summed E-state index contributed by atoms with van der Waals surface area (Å²) in [5.74, 6) is 2.28. The van der Waals surface area contributed by atoms with Gasteiger partial charge in [-0.2, -0.15) is 0 Å². The smallest absolute Gasteiger partial charge is 0.228 e. The van der Waals surface area contributed by atoms with Crippen LogP contribution in [0.1, 0.15) is 56.6 Å². The van der Waals surface area contributed by atoms with E-state index in [9.17, 15) is 9.90 Å². The normalized spacial score (nSPS) is 33.4. The molecule has 3 rings (SSSR count). The van der Waals surface area contributed by atoms with E-state index in [0.29, 0.717) is 5.92 Å². The Morgan fingerprint density at radius 1 is 1.33 bits per heavy atom. The maximum atomic E-state index is 12.8. The van der Waals surface area contributed by atoms with Gasteiger partial charge in [0.25, 0.3) is 0 Å². The number of rotatable bonds is 2. The molecular formula is C17H25NO3. The number of amides is 1. The van der Waals surface area contributed by atoms with Crippen molar-refractivity contribution in [2.75, 3.05) is 6.54 Å². The van der Waals surface area contributed by atoms with Gasteiger partial charge in [-0.3, -0.25) is 4.79 Å². The molecule has 4 unspecified atom stereocenters. The Kier molecular flexibility index (Phi) is 4.07. The lowest BCUT2D eigenvalue weighted by molar-refractivity contribution is -0.143. The summed E-state index contributed by atoms with van der Waals surface area (Å²) in [5.41, 5.74) is 0. The average molecular weight is 291 g/mol. The molecule has 4 atom stereocenters. The SMILES string of the molecule is Cc1ccc(C2CC(C)CCN2C(=O)C2CCCC2O)o1. The number of hydrogen-bond acceptors (Lipinski definition) is 3. The molecule has 4 heteroatoms. The number of carbonyl (C=O) groups excluding carboxylic acids is 1. The number of likely N-dealkylation sites (tertiary alicyclic amines) is 1. The van der Waals surface area contributed by atoms with Crippen LogP contribution in [0.3, 0.4) is 0 Å². The summed E-state index contributed by atoms with van der Waals surface area (Å²) in [6.07, 6.45) is 4.04. The van der Waals surface area contributed by atoms with Crippen molar-refractivity contribution in [2.45, 2.75) is 58.1 Å². The fraction of sp³-hybridized carbons (Fsp3) is 0.706. The third-order valence-electron chi connectivity index (χ3n) is 5.03. The Morgan fingerprint density at radius 2 is 2.14 bits per heavy atom. The number of aryl methyl sites for hydroxylation is 1. The van der Waals surface area contributed by atoms with Crippen molar-refractivity contribution in [3.63, 3.8) is 0 Å². The largest absolute Gasteiger partial charge is 0.464 e. The van der Waals surface area contributed by atoms with Crippen LogP contribution in [0, 0.1) is 18.8 Å². The van der Waals surface area contributed by atoms with E-state index in [4.69, 9.17) is 4.42 Å². The summed E-state index contributed by atoms with van der Waals surface area (Å²) in [6, 6.07) is 3.98. The Balaban J connectivity index is 1.82. The summed E-state index contributed by atoms with van der Waals surface area (Å²) in [5, 5.41) is 10.0. The lowest BCUT2D eigenvalue weighted by Crippen LogP contribution is -2.45. The fourth-order valence-corrected chi connectivity index (χ4v) is 3.75. The standard InChI is InChI=1S/C17H25NO3/c1-11-8-9-18(17(20)13-4-3-5-15(13)19)14(10-11)16-7-6-12(2)21-16/h6-7,11,13-15,19H,3-5,8-10H2,1-2H3. The number of nitrogens with zero attached hydrogens (tertiary/aromatic N) is 1. The highest BCUT2D eigenvalue weighted by Crippen LogP contribution is 2.38. The van der Waals surface area contributed by atoms with Gasteiger partial charge in [-0.15, -0.1) is 0 Å². The Bertz CT molecular complexity index is 510. The molecule has 116 valence electrons. The summed E-state index contributed by atoms with van der Waals surface area (Å²) >= 11 is 0. The van der Waals surface area contributed by atoms with Gasteiger partial charge < -0.3 is 14.4 Å². The predicted molar refractivity (Wildman–Crippen MR) is 79.6 cm³/mol. The molecule has 1 N–H and O–H groups in total. The minimum atomic E-state index is -0.462. The van der Waals surface area contributed by atoms with Crippen LogP contribution >= 0.6 is 0 Å². The summed E-state index contributed by atoms with van der Waals surface area (Å²) < 4.78 is 5.78. The molecule has 2 heterocycles. The lowest BCUT2D eigenvalue weighted by atomic mass is 9.89. The molecule has 0 bridgehead atoms. The molecule has 0 spiro atoms. The van der Waals surface area contributed by atoms with Crippen LogP contribution in [0.25, 0.3) is 0 Å². The molecule has 2 fully saturated rings. The molecule has 2 aliphatic rings. The first-order chi connectivity index (χ1) is 10.1. The van der Waals surface area contributed by atoms with E-state index in [-0.39, 0.29) is 17.9 Å². The van der Waals surface area contributed by atoms with E-state index in [0.717, 1.165) is 50.2 Å². The zero-order valence-corrected chi connectivity index (χ0v) is 12.9. The first-order valence-corrected chi connectivity index (χ1v) is 8.11. The molecule has 21 heavy (non-hydrogen) atoms. The van der Waals surface area contributed by atoms with Crippen molar-refractivity contribution in [3.05, 3.63) is 23.7 Å². The number of hydrogen-bond donors (Lipinski definition) is 1. The van der Waals surface area contributed by atoms with Gasteiger partial charge in [0.2, 0.25) is 5.91 Å². The minimum absolute atomic E-state index is 0.0303. The van der Waals surface area contributed by atoms with Crippen molar-refractivity contribution in [3.8, 4) is 0 Å². The zero-order valence-electron chi connectivity index (χ0n) is 12.9. The third-order valence-corrected chi connectivity index (χ3v) is 5.03. The van der Waals surface area contributed by atoms with Crippen molar-refractivity contribution in [1.29, 1.82) is 0 Å². The number of aliphatic hydroxyl groups is 1. The van der Waals surface area contributed by atoms with Gasteiger partial charge in [-0.1, -0.05) is 6.92 Å². The van der Waals surface area contributed by atoms with Gasteiger partial charge in [0, 0.05) is 6.54 Å². The van der Waals surface area contributed by atoms with Crippen LogP contribution in [-0.2, 0) is 4.79 Å². The first kappa shape index (κ1) is 14.6. The maximum absolute atomic E-state index is 12.8. The van der Waals surface area contributed by atoms with Crippen LogP contribution in [0.4, 0.5) is 0 Å². The molecule has 1 aromatic rings. The second kappa shape index (κ2) is 5.84. The molecule has 0 aromatic carbocycles. The van der Waals surface area contributed by atoms with Crippen LogP contribution in [0.5, 0.6) is 0 Å². The van der Waals surface area contributed by atoms with Gasteiger partial charge in [0.05, 0.1) is 18.1 Å². The second-order valence-electron chi connectivity index (χ2n) is 6.73. The van der Waals surface area contributed by atoms with Crippen molar-refractivity contribution >= 4 is 5.91 Å². The van der Waals surface area contributed by atoms with Crippen molar-refractivity contribution in [1.82, 2.24) is 4.90 Å². The van der Waals surface area contributed by atoms with Crippen LogP contribution in [-0.4, -0.2) is 28.6 Å². The van der Waals surface area contributed by atoms with E-state index in [1.165, 1.54) is 0 Å². The molecule has 0 radical (unpaired) electrons. The van der Waals surface area contributed by atoms with Gasteiger partial charge in [-0.25, -0.2) is 0 Å². The van der Waals surface area contributed by atoms with Gasteiger partial charge in [0.1, 0.15) is 11.5 Å². The van der Waals surface area contributed by atoms with Crippen molar-refractivity contribution in [2.24, 2.45) is 11.8 Å². The predicted octanol–water partition coefficient (Wildman–Crippen LogP) is 3.05. The molecule has 1 aromatic heterocycles. The molecule has 1 aliphatic heterocycles. The van der Waals surface area contributed by atoms with E-state index in [1.807, 2.05) is 24.0 Å². The Hall–Kier alpha value is -1.29. The van der Waals surface area contributed by atoms with Gasteiger partial charge in [-0.05, 0) is 57.1 Å². The molecule has 4 nitrogen and oxygen atoms in total. The highest BCUT2D eigenvalue weighted by Gasteiger charge is 2.40. The maximum Gasteiger partial charge on any atom is 0.228 e. The summed E-state index contributed by atoms with van der Waals surface area (Å²) in [6.45, 7) is 4.94. The van der Waals surface area contributed by atoms with Gasteiger partial charge >= 0.3 is 0 Å². The minimum Gasteiger partial charge on any atom is -0.464 e. The molecular weight excluding hydrogens is 266 g/mol.